The zero-order chi connectivity index (χ0) is 22.2. The Morgan fingerprint density at radius 2 is 1.84 bits per heavy atom. The van der Waals surface area contributed by atoms with Gasteiger partial charge in [-0.1, -0.05) is 51.1 Å². The molecule has 0 spiro atoms. The van der Waals surface area contributed by atoms with E-state index in [0.29, 0.717) is 22.6 Å². The van der Waals surface area contributed by atoms with E-state index in [2.05, 4.69) is 32.9 Å². The number of rotatable bonds is 4. The van der Waals surface area contributed by atoms with Crippen LogP contribution in [0.5, 0.6) is 11.5 Å². The van der Waals surface area contributed by atoms with Gasteiger partial charge in [-0.2, -0.15) is 0 Å². The number of hydrogen-bond acceptors (Lipinski definition) is 5. The molecule has 0 fully saturated rings. The number of fused-ring (bicyclic) bond motifs is 1. The quantitative estimate of drug-likeness (QED) is 0.283. The van der Waals surface area contributed by atoms with Gasteiger partial charge in [-0.05, 0) is 53.1 Å². The molecule has 1 aromatic heterocycles. The summed E-state index contributed by atoms with van der Waals surface area (Å²) in [6, 6.07) is 15.2. The third-order valence-electron chi connectivity index (χ3n) is 5.23. The number of carbonyl (C=O) groups is 2. The second-order valence-corrected chi connectivity index (χ2v) is 9.64. The van der Waals surface area contributed by atoms with Gasteiger partial charge in [0.1, 0.15) is 11.5 Å². The molecule has 0 amide bonds. The number of carbonyl (C=O) groups excluding carboxylic acids is 2. The number of benzene rings is 2. The van der Waals surface area contributed by atoms with Gasteiger partial charge in [-0.25, -0.2) is 0 Å². The lowest BCUT2D eigenvalue weighted by Crippen LogP contribution is -2.11. The molecular formula is C26H24O4S. The van der Waals surface area contributed by atoms with Crippen LogP contribution in [-0.4, -0.2) is 11.8 Å². The van der Waals surface area contributed by atoms with E-state index in [9.17, 15) is 9.59 Å². The summed E-state index contributed by atoms with van der Waals surface area (Å²) in [5.41, 5.74) is 3.30. The highest BCUT2D eigenvalue weighted by molar-refractivity contribution is 7.10. The van der Waals surface area contributed by atoms with Gasteiger partial charge in [0.25, 0.3) is 0 Å². The first kappa shape index (κ1) is 21.1. The fraction of sp³-hybridized carbons (Fsp3) is 0.231. The third-order valence-corrected chi connectivity index (χ3v) is 6.11. The van der Waals surface area contributed by atoms with E-state index in [0.717, 1.165) is 10.4 Å². The lowest BCUT2D eigenvalue weighted by Gasteiger charge is -2.18. The summed E-state index contributed by atoms with van der Waals surface area (Å²) in [5.74, 6) is 0.607. The molecule has 2 heterocycles. The van der Waals surface area contributed by atoms with Gasteiger partial charge in [0.2, 0.25) is 5.78 Å². The van der Waals surface area contributed by atoms with Crippen LogP contribution in [0.3, 0.4) is 0 Å². The van der Waals surface area contributed by atoms with Crippen LogP contribution in [0.15, 0.2) is 59.7 Å². The van der Waals surface area contributed by atoms with Gasteiger partial charge in [0, 0.05) is 10.4 Å². The molecule has 31 heavy (non-hydrogen) atoms. The van der Waals surface area contributed by atoms with E-state index in [1.807, 2.05) is 29.6 Å². The van der Waals surface area contributed by atoms with Crippen LogP contribution in [0.4, 0.5) is 0 Å². The number of thiophene rings is 1. The molecule has 0 N–H and O–H groups in total. The predicted octanol–water partition coefficient (Wildman–Crippen LogP) is 6.12. The first-order valence-corrected chi connectivity index (χ1v) is 11.0. The molecule has 0 saturated heterocycles. The fourth-order valence-corrected chi connectivity index (χ4v) is 4.11. The molecule has 0 aliphatic carbocycles. The normalized spacial score (nSPS) is 14.5. The number of ether oxygens (including phenoxy) is 2. The lowest BCUT2D eigenvalue weighted by atomic mass is 9.86. The zero-order valence-electron chi connectivity index (χ0n) is 18.0. The minimum Gasteiger partial charge on any atom is -0.452 e. The molecule has 5 heteroatoms. The number of Topliss-reactive ketones (excluding diaryl/α,β-unsaturated/α-hetero) is 1. The molecule has 0 radical (unpaired) electrons. The largest absolute Gasteiger partial charge is 0.452 e. The van der Waals surface area contributed by atoms with Crippen LogP contribution in [0.25, 0.3) is 6.08 Å². The predicted molar refractivity (Wildman–Crippen MR) is 123 cm³/mol. The lowest BCUT2D eigenvalue weighted by molar-refractivity contribution is -0.133. The maximum atomic E-state index is 12.8. The summed E-state index contributed by atoms with van der Waals surface area (Å²) in [6.45, 7) is 8.28. The molecule has 0 saturated carbocycles. The molecule has 0 unspecified atom stereocenters. The maximum Gasteiger partial charge on any atom is 0.316 e. The topological polar surface area (TPSA) is 52.6 Å². The minimum absolute atomic E-state index is 0.0655. The zero-order valence-corrected chi connectivity index (χ0v) is 18.8. The number of hydrogen-bond donors (Lipinski definition) is 0. The van der Waals surface area contributed by atoms with Crippen molar-refractivity contribution in [3.63, 3.8) is 0 Å². The molecule has 0 atom stereocenters. The van der Waals surface area contributed by atoms with Gasteiger partial charge < -0.3 is 9.47 Å². The Balaban J connectivity index is 1.54. The van der Waals surface area contributed by atoms with Crippen molar-refractivity contribution in [2.75, 3.05) is 0 Å². The van der Waals surface area contributed by atoms with Gasteiger partial charge in [0.15, 0.2) is 5.76 Å². The highest BCUT2D eigenvalue weighted by Crippen LogP contribution is 2.39. The number of ketones is 1. The van der Waals surface area contributed by atoms with E-state index >= 15 is 0 Å². The van der Waals surface area contributed by atoms with Crippen LogP contribution in [0, 0.1) is 6.92 Å². The molecular weight excluding hydrogens is 408 g/mol. The van der Waals surface area contributed by atoms with E-state index in [1.54, 1.807) is 25.1 Å². The van der Waals surface area contributed by atoms with Crippen LogP contribution >= 0.6 is 11.3 Å². The average molecular weight is 433 g/mol. The smallest absolute Gasteiger partial charge is 0.316 e. The Morgan fingerprint density at radius 3 is 2.48 bits per heavy atom. The molecule has 4 rings (SSSR count). The van der Waals surface area contributed by atoms with Crippen molar-refractivity contribution in [1.29, 1.82) is 0 Å². The van der Waals surface area contributed by atoms with Crippen molar-refractivity contribution in [3.8, 4) is 11.5 Å². The summed E-state index contributed by atoms with van der Waals surface area (Å²) in [4.78, 5) is 26.0. The Labute approximate surface area is 186 Å². The number of allylic oxidation sites excluding steroid dienone is 1. The molecule has 3 aromatic rings. The average Bonchev–Trinajstić information content (AvgIpc) is 3.33. The van der Waals surface area contributed by atoms with Gasteiger partial charge in [-0.3, -0.25) is 9.59 Å². The van der Waals surface area contributed by atoms with Crippen LogP contribution in [0.2, 0.25) is 0 Å². The monoisotopic (exact) mass is 432 g/mol. The van der Waals surface area contributed by atoms with Gasteiger partial charge in [-0.15, -0.1) is 11.3 Å². The summed E-state index contributed by atoms with van der Waals surface area (Å²) < 4.78 is 11.4. The van der Waals surface area contributed by atoms with Crippen molar-refractivity contribution in [2.24, 2.45) is 0 Å². The van der Waals surface area contributed by atoms with E-state index in [-0.39, 0.29) is 29.3 Å². The molecule has 4 nitrogen and oxygen atoms in total. The van der Waals surface area contributed by atoms with Crippen molar-refractivity contribution < 1.29 is 19.1 Å². The Kier molecular flexibility index (Phi) is 5.54. The van der Waals surface area contributed by atoms with Crippen molar-refractivity contribution in [2.45, 2.75) is 39.5 Å². The second kappa shape index (κ2) is 8.16. The van der Waals surface area contributed by atoms with Crippen molar-refractivity contribution >= 4 is 29.2 Å². The van der Waals surface area contributed by atoms with Crippen molar-refractivity contribution in [3.05, 3.63) is 86.8 Å². The van der Waals surface area contributed by atoms with Crippen LogP contribution < -0.4 is 9.47 Å². The van der Waals surface area contributed by atoms with Crippen LogP contribution in [-0.2, 0) is 16.6 Å². The Bertz CT molecular complexity index is 1160. The van der Waals surface area contributed by atoms with E-state index in [1.165, 1.54) is 16.9 Å². The number of esters is 1. The first-order valence-electron chi connectivity index (χ1n) is 10.1. The summed E-state index contributed by atoms with van der Waals surface area (Å²) in [7, 11) is 0. The summed E-state index contributed by atoms with van der Waals surface area (Å²) in [6.07, 6.45) is 1.96. The molecule has 1 aliphatic rings. The molecule has 1 aliphatic heterocycles. The molecule has 0 bridgehead atoms. The van der Waals surface area contributed by atoms with Gasteiger partial charge in [0.05, 0.1) is 12.0 Å². The summed E-state index contributed by atoms with van der Waals surface area (Å²) in [5, 5.41) is 1.92. The third kappa shape index (κ3) is 4.47. The molecule has 2 aromatic carbocycles. The highest BCUT2D eigenvalue weighted by atomic mass is 32.1. The Hall–Kier alpha value is -3.18. The second-order valence-electron chi connectivity index (χ2n) is 8.61. The maximum absolute atomic E-state index is 12.8. The summed E-state index contributed by atoms with van der Waals surface area (Å²) >= 11 is 1.51. The van der Waals surface area contributed by atoms with Crippen LogP contribution in [0.1, 0.15) is 52.7 Å². The van der Waals surface area contributed by atoms with Gasteiger partial charge >= 0.3 is 5.97 Å². The molecule has 158 valence electrons. The SMILES string of the molecule is Cc1c(OC(=O)Cc2cccs2)ccc2c1O/C(=C\c1ccc(C(C)(C)C)cc1)C2=O. The Morgan fingerprint density at radius 1 is 1.10 bits per heavy atom. The van der Waals surface area contributed by atoms with Crippen molar-refractivity contribution in [1.82, 2.24) is 0 Å². The first-order chi connectivity index (χ1) is 14.7. The highest BCUT2D eigenvalue weighted by Gasteiger charge is 2.30. The van der Waals surface area contributed by atoms with E-state index < -0.39 is 0 Å². The van der Waals surface area contributed by atoms with E-state index in [4.69, 9.17) is 9.47 Å². The minimum atomic E-state index is -0.343. The fourth-order valence-electron chi connectivity index (χ4n) is 3.42. The standard InChI is InChI=1S/C26H24O4S/c1-16-21(29-23(27)15-19-6-5-13-31-19)12-11-20-24(28)22(30-25(16)20)14-17-7-9-18(10-8-17)26(2,3)4/h5-14H,15H2,1-4H3/b22-14-.